The molecule has 2 aliphatic heterocycles. The van der Waals surface area contributed by atoms with Crippen LogP contribution in [0, 0.1) is 5.92 Å². The number of fused-ring (bicyclic) bond motifs is 1. The van der Waals surface area contributed by atoms with Crippen LogP contribution in [0.4, 0.5) is 5.69 Å². The summed E-state index contributed by atoms with van der Waals surface area (Å²) < 4.78 is 24.9. The van der Waals surface area contributed by atoms with Crippen LogP contribution in [0.5, 0.6) is 0 Å². The lowest BCUT2D eigenvalue weighted by Gasteiger charge is -2.30. The zero-order chi connectivity index (χ0) is 16.6. The van der Waals surface area contributed by atoms with Crippen molar-refractivity contribution in [1.29, 1.82) is 0 Å². The van der Waals surface area contributed by atoms with Gasteiger partial charge >= 0.3 is 0 Å². The quantitative estimate of drug-likeness (QED) is 0.853. The minimum Gasteiger partial charge on any atom is -0.348 e. The number of benzene rings is 1. The normalized spacial score (nSPS) is 24.3. The fourth-order valence-electron chi connectivity index (χ4n) is 3.29. The van der Waals surface area contributed by atoms with E-state index >= 15 is 0 Å². The van der Waals surface area contributed by atoms with Gasteiger partial charge in [0.05, 0.1) is 11.9 Å². The number of amides is 1. The molecule has 0 spiro atoms. The molecule has 0 aliphatic carbocycles. The molecule has 0 radical (unpaired) electrons. The van der Waals surface area contributed by atoms with E-state index in [1.54, 1.807) is 12.1 Å². The smallest absolute Gasteiger partial charge is 0.251 e. The second kappa shape index (κ2) is 6.13. The highest BCUT2D eigenvalue weighted by Crippen LogP contribution is 2.30. The highest BCUT2D eigenvalue weighted by molar-refractivity contribution is 7.92. The lowest BCUT2D eigenvalue weighted by molar-refractivity contribution is 0.0915. The third kappa shape index (κ3) is 3.35. The summed E-state index contributed by atoms with van der Waals surface area (Å²) in [4.78, 5) is 12.5. The summed E-state index contributed by atoms with van der Waals surface area (Å²) in [6.07, 6.45) is 2.91. The molecule has 23 heavy (non-hydrogen) atoms. The first-order valence-electron chi connectivity index (χ1n) is 7.98. The molecule has 1 amide bonds. The first kappa shape index (κ1) is 16.3. The first-order chi connectivity index (χ1) is 10.9. The summed E-state index contributed by atoms with van der Waals surface area (Å²) in [7, 11) is -3.25. The average molecular weight is 337 g/mol. The molecule has 1 saturated heterocycles. The van der Waals surface area contributed by atoms with E-state index in [4.69, 9.17) is 0 Å². The number of nitrogens with one attached hydrogen (secondary N) is 2. The molecule has 2 heterocycles. The van der Waals surface area contributed by atoms with Crippen LogP contribution in [0.25, 0.3) is 0 Å². The maximum Gasteiger partial charge on any atom is 0.251 e. The van der Waals surface area contributed by atoms with Crippen molar-refractivity contribution in [2.45, 2.75) is 25.8 Å². The number of hydrogen-bond acceptors (Lipinski definition) is 4. The summed E-state index contributed by atoms with van der Waals surface area (Å²) in [5, 5.41) is 6.38. The molecule has 2 atom stereocenters. The van der Waals surface area contributed by atoms with Crippen LogP contribution in [-0.2, 0) is 16.4 Å². The second-order valence-corrected chi connectivity index (χ2v) is 8.39. The van der Waals surface area contributed by atoms with Crippen molar-refractivity contribution in [2.75, 3.05) is 30.2 Å². The standard InChI is InChI=1S/C16H23N3O3S/c1-11-5-7-17-10-14(11)18-16(20)13-3-4-15-12(9-13)6-8-19(15)23(2,21)22/h3-4,9,11,14,17H,5-8,10H2,1-2H3,(H,18,20). The zero-order valence-electron chi connectivity index (χ0n) is 13.5. The molecule has 3 rings (SSSR count). The largest absolute Gasteiger partial charge is 0.348 e. The van der Waals surface area contributed by atoms with E-state index in [0.717, 1.165) is 25.1 Å². The minimum absolute atomic E-state index is 0.0915. The Labute approximate surface area is 137 Å². The van der Waals surface area contributed by atoms with Crippen LogP contribution in [-0.4, -0.2) is 46.3 Å². The third-order valence-electron chi connectivity index (χ3n) is 4.74. The van der Waals surface area contributed by atoms with Crippen molar-refractivity contribution >= 4 is 21.6 Å². The Hall–Kier alpha value is -1.60. The Balaban J connectivity index is 1.76. The number of carbonyl (C=O) groups is 1. The number of hydrogen-bond donors (Lipinski definition) is 2. The van der Waals surface area contributed by atoms with E-state index in [1.807, 2.05) is 6.07 Å². The van der Waals surface area contributed by atoms with Gasteiger partial charge in [0.15, 0.2) is 0 Å². The lowest BCUT2D eigenvalue weighted by Crippen LogP contribution is -2.50. The topological polar surface area (TPSA) is 78.5 Å². The van der Waals surface area contributed by atoms with Gasteiger partial charge in [-0.15, -0.1) is 0 Å². The molecule has 0 aromatic heterocycles. The van der Waals surface area contributed by atoms with E-state index in [0.29, 0.717) is 30.1 Å². The average Bonchev–Trinajstić information content (AvgIpc) is 2.92. The van der Waals surface area contributed by atoms with Crippen molar-refractivity contribution < 1.29 is 13.2 Å². The molecule has 1 aromatic carbocycles. The summed E-state index contributed by atoms with van der Waals surface area (Å²) in [5.74, 6) is 0.363. The van der Waals surface area contributed by atoms with Crippen molar-refractivity contribution in [3.8, 4) is 0 Å². The van der Waals surface area contributed by atoms with Gasteiger partial charge in [-0.25, -0.2) is 8.42 Å². The molecular weight excluding hydrogens is 314 g/mol. The van der Waals surface area contributed by atoms with E-state index < -0.39 is 10.0 Å². The Morgan fingerprint density at radius 2 is 2.17 bits per heavy atom. The molecule has 0 saturated carbocycles. The third-order valence-corrected chi connectivity index (χ3v) is 5.92. The molecule has 6 nitrogen and oxygen atoms in total. The Morgan fingerprint density at radius 3 is 2.87 bits per heavy atom. The minimum atomic E-state index is -3.25. The summed E-state index contributed by atoms with van der Waals surface area (Å²) >= 11 is 0. The van der Waals surface area contributed by atoms with Crippen molar-refractivity contribution in [3.63, 3.8) is 0 Å². The van der Waals surface area contributed by atoms with E-state index in [2.05, 4.69) is 17.6 Å². The molecule has 2 aliphatic rings. The first-order valence-corrected chi connectivity index (χ1v) is 9.83. The molecular formula is C16H23N3O3S. The van der Waals surface area contributed by atoms with Crippen molar-refractivity contribution in [2.24, 2.45) is 5.92 Å². The molecule has 1 fully saturated rings. The number of piperidine rings is 1. The lowest BCUT2D eigenvalue weighted by atomic mass is 9.94. The maximum absolute atomic E-state index is 12.5. The highest BCUT2D eigenvalue weighted by Gasteiger charge is 2.28. The van der Waals surface area contributed by atoms with Crippen LogP contribution in [0.15, 0.2) is 18.2 Å². The van der Waals surface area contributed by atoms with Gasteiger partial charge in [-0.2, -0.15) is 0 Å². The van der Waals surface area contributed by atoms with Crippen LogP contribution in [0.1, 0.15) is 29.3 Å². The number of carbonyl (C=O) groups excluding carboxylic acids is 1. The van der Waals surface area contributed by atoms with Crippen LogP contribution in [0.3, 0.4) is 0 Å². The molecule has 2 unspecified atom stereocenters. The number of rotatable bonds is 3. The van der Waals surface area contributed by atoms with Gasteiger partial charge in [0.1, 0.15) is 0 Å². The molecule has 126 valence electrons. The van der Waals surface area contributed by atoms with Gasteiger partial charge in [-0.1, -0.05) is 6.92 Å². The zero-order valence-corrected chi connectivity index (χ0v) is 14.3. The Bertz CT molecular complexity index is 717. The van der Waals surface area contributed by atoms with Gasteiger partial charge in [-0.3, -0.25) is 9.10 Å². The number of sulfonamides is 1. The Kier molecular flexibility index (Phi) is 4.33. The molecule has 2 N–H and O–H groups in total. The summed E-state index contributed by atoms with van der Waals surface area (Å²) in [5.41, 5.74) is 2.20. The maximum atomic E-state index is 12.5. The van der Waals surface area contributed by atoms with Crippen LogP contribution < -0.4 is 14.9 Å². The van der Waals surface area contributed by atoms with Crippen molar-refractivity contribution in [3.05, 3.63) is 29.3 Å². The summed E-state index contributed by atoms with van der Waals surface area (Å²) in [6, 6.07) is 5.40. The fraction of sp³-hybridized carbons (Fsp3) is 0.562. The molecule has 0 bridgehead atoms. The highest BCUT2D eigenvalue weighted by atomic mass is 32.2. The van der Waals surface area contributed by atoms with Gasteiger partial charge in [0.2, 0.25) is 10.0 Å². The van der Waals surface area contributed by atoms with Gasteiger partial charge < -0.3 is 10.6 Å². The van der Waals surface area contributed by atoms with E-state index in [-0.39, 0.29) is 11.9 Å². The fourth-order valence-corrected chi connectivity index (χ4v) is 4.25. The van der Waals surface area contributed by atoms with E-state index in [1.165, 1.54) is 10.6 Å². The predicted molar refractivity (Wildman–Crippen MR) is 90.2 cm³/mol. The van der Waals surface area contributed by atoms with Gasteiger partial charge in [-0.05, 0) is 49.1 Å². The number of anilines is 1. The van der Waals surface area contributed by atoms with Crippen molar-refractivity contribution in [1.82, 2.24) is 10.6 Å². The van der Waals surface area contributed by atoms with Crippen LogP contribution >= 0.6 is 0 Å². The second-order valence-electron chi connectivity index (χ2n) is 6.48. The molecule has 7 heteroatoms. The van der Waals surface area contributed by atoms with Crippen LogP contribution in [0.2, 0.25) is 0 Å². The molecule has 1 aromatic rings. The SMILES string of the molecule is CC1CCNCC1NC(=O)c1ccc2c(c1)CCN2S(C)(=O)=O. The van der Waals surface area contributed by atoms with Gasteiger partial charge in [0, 0.05) is 24.7 Å². The summed E-state index contributed by atoms with van der Waals surface area (Å²) in [6.45, 7) is 4.38. The predicted octanol–water partition coefficient (Wildman–Crippen LogP) is 0.736. The van der Waals surface area contributed by atoms with E-state index in [9.17, 15) is 13.2 Å². The van der Waals surface area contributed by atoms with Gasteiger partial charge in [0.25, 0.3) is 5.91 Å². The number of nitrogens with zero attached hydrogens (tertiary/aromatic N) is 1. The monoisotopic (exact) mass is 337 g/mol. The Morgan fingerprint density at radius 1 is 1.39 bits per heavy atom.